The standard InChI is InChI=1S/C11H11N3O2/c1-7-3-2-4-8(5-7)16-11-9(12)10(15)13-6-14-11/h2-6H,12H2,1H3,(H,13,14,15). The average Bonchev–Trinajstić information content (AvgIpc) is 2.25. The second-order valence-corrected chi connectivity index (χ2v) is 3.37. The first-order valence-electron chi connectivity index (χ1n) is 4.74. The smallest absolute Gasteiger partial charge is 0.277 e. The summed E-state index contributed by atoms with van der Waals surface area (Å²) in [5, 5.41) is 0. The van der Waals surface area contributed by atoms with Crippen LogP contribution in [0.25, 0.3) is 0 Å². The van der Waals surface area contributed by atoms with Crippen molar-refractivity contribution in [3.8, 4) is 11.6 Å². The number of rotatable bonds is 2. The summed E-state index contributed by atoms with van der Waals surface area (Å²) in [5.41, 5.74) is 6.16. The molecule has 5 heteroatoms. The van der Waals surface area contributed by atoms with Crippen molar-refractivity contribution in [2.75, 3.05) is 5.73 Å². The molecule has 0 aliphatic heterocycles. The molecular weight excluding hydrogens is 206 g/mol. The van der Waals surface area contributed by atoms with Crippen LogP contribution in [0.2, 0.25) is 0 Å². The number of nitrogens with two attached hydrogens (primary N) is 1. The third kappa shape index (κ3) is 2.03. The van der Waals surface area contributed by atoms with Gasteiger partial charge in [0, 0.05) is 0 Å². The summed E-state index contributed by atoms with van der Waals surface area (Å²) in [5.74, 6) is 0.721. The summed E-state index contributed by atoms with van der Waals surface area (Å²) < 4.78 is 5.41. The number of nitrogens with one attached hydrogen (secondary N) is 1. The second kappa shape index (κ2) is 4.06. The van der Waals surface area contributed by atoms with Crippen LogP contribution in [0, 0.1) is 6.92 Å². The molecule has 3 N–H and O–H groups in total. The molecule has 0 amide bonds. The molecule has 0 radical (unpaired) electrons. The third-order valence-corrected chi connectivity index (χ3v) is 2.06. The van der Waals surface area contributed by atoms with E-state index in [1.54, 1.807) is 6.07 Å². The zero-order valence-corrected chi connectivity index (χ0v) is 8.73. The number of benzene rings is 1. The van der Waals surface area contributed by atoms with Crippen molar-refractivity contribution in [1.82, 2.24) is 9.97 Å². The van der Waals surface area contributed by atoms with Crippen molar-refractivity contribution in [2.24, 2.45) is 0 Å². The molecule has 0 bridgehead atoms. The zero-order chi connectivity index (χ0) is 11.5. The number of hydrogen-bond donors (Lipinski definition) is 2. The molecule has 0 fully saturated rings. The van der Waals surface area contributed by atoms with Crippen LogP contribution in [0.3, 0.4) is 0 Å². The lowest BCUT2D eigenvalue weighted by Gasteiger charge is -2.06. The normalized spacial score (nSPS) is 10.1. The predicted octanol–water partition coefficient (Wildman–Crippen LogP) is 1.45. The molecule has 2 aromatic rings. The third-order valence-electron chi connectivity index (χ3n) is 2.06. The Morgan fingerprint density at radius 1 is 1.44 bits per heavy atom. The van der Waals surface area contributed by atoms with Crippen molar-refractivity contribution in [3.63, 3.8) is 0 Å². The molecule has 5 nitrogen and oxygen atoms in total. The molecule has 1 aromatic heterocycles. The van der Waals surface area contributed by atoms with Crippen LogP contribution in [0.5, 0.6) is 11.6 Å². The van der Waals surface area contributed by atoms with Crippen LogP contribution in [-0.4, -0.2) is 9.97 Å². The van der Waals surface area contributed by atoms with Gasteiger partial charge in [0.2, 0.25) is 5.88 Å². The Bertz CT molecular complexity index is 563. The van der Waals surface area contributed by atoms with Gasteiger partial charge in [-0.2, -0.15) is 0 Å². The van der Waals surface area contributed by atoms with E-state index in [2.05, 4.69) is 9.97 Å². The van der Waals surface area contributed by atoms with E-state index < -0.39 is 5.56 Å². The van der Waals surface area contributed by atoms with E-state index in [1.807, 2.05) is 25.1 Å². The molecule has 0 aliphatic carbocycles. The number of ether oxygens (including phenoxy) is 1. The first kappa shape index (κ1) is 10.2. The van der Waals surface area contributed by atoms with Crippen LogP contribution in [-0.2, 0) is 0 Å². The minimum Gasteiger partial charge on any atom is -0.437 e. The Hall–Kier alpha value is -2.30. The van der Waals surface area contributed by atoms with Gasteiger partial charge < -0.3 is 15.5 Å². The lowest BCUT2D eigenvalue weighted by Crippen LogP contribution is -2.13. The number of anilines is 1. The van der Waals surface area contributed by atoms with E-state index >= 15 is 0 Å². The van der Waals surface area contributed by atoms with Crippen molar-refractivity contribution in [1.29, 1.82) is 0 Å². The maximum atomic E-state index is 11.2. The Kier molecular flexibility index (Phi) is 2.59. The Morgan fingerprint density at radius 2 is 2.25 bits per heavy atom. The van der Waals surface area contributed by atoms with E-state index in [9.17, 15) is 4.79 Å². The lowest BCUT2D eigenvalue weighted by atomic mass is 10.2. The van der Waals surface area contributed by atoms with Gasteiger partial charge in [-0.3, -0.25) is 4.79 Å². The SMILES string of the molecule is Cc1cccc(Oc2nc[nH]c(=O)c2N)c1. The molecule has 1 heterocycles. The predicted molar refractivity (Wildman–Crippen MR) is 60.5 cm³/mol. The largest absolute Gasteiger partial charge is 0.437 e. The molecule has 0 aliphatic rings. The first-order valence-corrected chi connectivity index (χ1v) is 4.74. The minimum absolute atomic E-state index is 0.0241. The van der Waals surface area contributed by atoms with E-state index in [-0.39, 0.29) is 11.6 Å². The zero-order valence-electron chi connectivity index (χ0n) is 8.73. The Morgan fingerprint density at radius 3 is 3.00 bits per heavy atom. The Balaban J connectivity index is 2.34. The van der Waals surface area contributed by atoms with Gasteiger partial charge in [-0.15, -0.1) is 0 Å². The van der Waals surface area contributed by atoms with E-state index in [1.165, 1.54) is 6.33 Å². The fourth-order valence-corrected chi connectivity index (χ4v) is 1.27. The number of nitrogens with zero attached hydrogens (tertiary/aromatic N) is 1. The second-order valence-electron chi connectivity index (χ2n) is 3.37. The fraction of sp³-hybridized carbons (Fsp3) is 0.0909. The number of aryl methyl sites for hydroxylation is 1. The van der Waals surface area contributed by atoms with Crippen molar-refractivity contribution in [3.05, 3.63) is 46.5 Å². The molecule has 82 valence electrons. The van der Waals surface area contributed by atoms with Gasteiger partial charge in [-0.05, 0) is 24.6 Å². The topological polar surface area (TPSA) is 81.0 Å². The van der Waals surface area contributed by atoms with Gasteiger partial charge in [0.05, 0.1) is 6.33 Å². The first-order chi connectivity index (χ1) is 7.66. The molecule has 0 spiro atoms. The van der Waals surface area contributed by atoms with E-state index in [0.29, 0.717) is 5.75 Å². The number of H-pyrrole nitrogens is 1. The highest BCUT2D eigenvalue weighted by atomic mass is 16.5. The molecule has 0 saturated heterocycles. The summed E-state index contributed by atoms with van der Waals surface area (Å²) in [4.78, 5) is 17.4. The number of aromatic amines is 1. The van der Waals surface area contributed by atoms with Crippen LogP contribution in [0.4, 0.5) is 5.69 Å². The highest BCUT2D eigenvalue weighted by Gasteiger charge is 2.06. The summed E-state index contributed by atoms with van der Waals surface area (Å²) in [6.07, 6.45) is 1.25. The molecular formula is C11H11N3O2. The molecule has 0 atom stereocenters. The summed E-state index contributed by atoms with van der Waals surface area (Å²) >= 11 is 0. The number of hydrogen-bond acceptors (Lipinski definition) is 4. The van der Waals surface area contributed by atoms with E-state index in [0.717, 1.165) is 5.56 Å². The highest BCUT2D eigenvalue weighted by Crippen LogP contribution is 2.22. The number of nitrogen functional groups attached to an aromatic ring is 1. The van der Waals surface area contributed by atoms with Crippen molar-refractivity contribution in [2.45, 2.75) is 6.92 Å². The number of aromatic nitrogens is 2. The van der Waals surface area contributed by atoms with Crippen LogP contribution in [0.1, 0.15) is 5.56 Å². The van der Waals surface area contributed by atoms with E-state index in [4.69, 9.17) is 10.5 Å². The van der Waals surface area contributed by atoms with Crippen molar-refractivity contribution >= 4 is 5.69 Å². The maximum absolute atomic E-state index is 11.2. The van der Waals surface area contributed by atoms with Crippen LogP contribution >= 0.6 is 0 Å². The van der Waals surface area contributed by atoms with Gasteiger partial charge in [0.1, 0.15) is 5.75 Å². The average molecular weight is 217 g/mol. The molecule has 0 unspecified atom stereocenters. The lowest BCUT2D eigenvalue weighted by molar-refractivity contribution is 0.463. The highest BCUT2D eigenvalue weighted by molar-refractivity contribution is 5.47. The van der Waals surface area contributed by atoms with Gasteiger partial charge in [0.15, 0.2) is 5.69 Å². The van der Waals surface area contributed by atoms with Gasteiger partial charge in [-0.25, -0.2) is 4.98 Å². The summed E-state index contributed by atoms with van der Waals surface area (Å²) in [6.45, 7) is 1.95. The van der Waals surface area contributed by atoms with Gasteiger partial charge in [-0.1, -0.05) is 12.1 Å². The molecule has 0 saturated carbocycles. The van der Waals surface area contributed by atoms with Crippen LogP contribution in [0.15, 0.2) is 35.4 Å². The van der Waals surface area contributed by atoms with Gasteiger partial charge in [0.25, 0.3) is 5.56 Å². The van der Waals surface area contributed by atoms with Gasteiger partial charge >= 0.3 is 0 Å². The minimum atomic E-state index is -0.405. The fourth-order valence-electron chi connectivity index (χ4n) is 1.27. The monoisotopic (exact) mass is 217 g/mol. The molecule has 2 rings (SSSR count). The Labute approximate surface area is 91.9 Å². The summed E-state index contributed by atoms with van der Waals surface area (Å²) in [7, 11) is 0. The quantitative estimate of drug-likeness (QED) is 0.797. The summed E-state index contributed by atoms with van der Waals surface area (Å²) in [6, 6.07) is 7.41. The maximum Gasteiger partial charge on any atom is 0.277 e. The molecule has 16 heavy (non-hydrogen) atoms. The van der Waals surface area contributed by atoms with Crippen LogP contribution < -0.4 is 16.0 Å². The molecule has 1 aromatic carbocycles. The van der Waals surface area contributed by atoms with Crippen molar-refractivity contribution < 1.29 is 4.74 Å².